The van der Waals surface area contributed by atoms with E-state index in [9.17, 15) is 9.18 Å². The Bertz CT molecular complexity index is 911. The molecule has 0 bridgehead atoms. The lowest BCUT2D eigenvalue weighted by molar-refractivity contribution is -0.113. The quantitative estimate of drug-likeness (QED) is 0.674. The zero-order valence-electron chi connectivity index (χ0n) is 14.6. The second-order valence-corrected chi connectivity index (χ2v) is 6.88. The summed E-state index contributed by atoms with van der Waals surface area (Å²) in [6, 6.07) is 14.6. The molecule has 1 aromatic heterocycles. The number of benzene rings is 2. The van der Waals surface area contributed by atoms with E-state index < -0.39 is 5.82 Å². The molecule has 0 aliphatic carbocycles. The molecular formula is C19H19FN4OS. The molecule has 0 saturated carbocycles. The van der Waals surface area contributed by atoms with Gasteiger partial charge < -0.3 is 9.88 Å². The monoisotopic (exact) mass is 370 g/mol. The molecule has 7 heteroatoms. The van der Waals surface area contributed by atoms with E-state index in [0.29, 0.717) is 11.6 Å². The zero-order chi connectivity index (χ0) is 18.5. The van der Waals surface area contributed by atoms with Gasteiger partial charge in [-0.3, -0.25) is 4.79 Å². The van der Waals surface area contributed by atoms with E-state index in [4.69, 9.17) is 0 Å². The summed E-state index contributed by atoms with van der Waals surface area (Å²) in [5, 5.41) is 11.6. The normalized spacial score (nSPS) is 10.7. The molecule has 3 rings (SSSR count). The number of aryl methyl sites for hydroxylation is 1. The van der Waals surface area contributed by atoms with Crippen molar-refractivity contribution in [2.75, 3.05) is 11.1 Å². The fraction of sp³-hybridized carbons (Fsp3) is 0.211. The molecule has 26 heavy (non-hydrogen) atoms. The lowest BCUT2D eigenvalue weighted by Crippen LogP contribution is -2.15. The van der Waals surface area contributed by atoms with Crippen LogP contribution in [-0.2, 0) is 18.3 Å². The van der Waals surface area contributed by atoms with Crippen LogP contribution in [0.2, 0.25) is 0 Å². The minimum absolute atomic E-state index is 0.130. The fourth-order valence-corrected chi connectivity index (χ4v) is 3.18. The van der Waals surface area contributed by atoms with Gasteiger partial charge in [-0.25, -0.2) is 4.39 Å². The van der Waals surface area contributed by atoms with Crippen LogP contribution in [0.5, 0.6) is 0 Å². The van der Waals surface area contributed by atoms with Crippen molar-refractivity contribution in [1.82, 2.24) is 14.8 Å². The van der Waals surface area contributed by atoms with E-state index in [1.54, 1.807) is 12.1 Å². The zero-order valence-corrected chi connectivity index (χ0v) is 15.4. The highest BCUT2D eigenvalue weighted by molar-refractivity contribution is 7.99. The Morgan fingerprint density at radius 2 is 1.96 bits per heavy atom. The Morgan fingerprint density at radius 3 is 2.73 bits per heavy atom. The van der Waals surface area contributed by atoms with Crippen LogP contribution >= 0.6 is 11.8 Å². The number of halogens is 1. The highest BCUT2D eigenvalue weighted by Gasteiger charge is 2.13. The summed E-state index contributed by atoms with van der Waals surface area (Å²) >= 11 is 1.27. The molecule has 0 spiro atoms. The number of aromatic nitrogens is 3. The topological polar surface area (TPSA) is 59.8 Å². The first-order valence-corrected chi connectivity index (χ1v) is 9.12. The average Bonchev–Trinajstić information content (AvgIpc) is 2.97. The molecule has 134 valence electrons. The van der Waals surface area contributed by atoms with Gasteiger partial charge in [0.1, 0.15) is 11.6 Å². The number of nitrogens with one attached hydrogen (secondary N) is 1. The fourth-order valence-electron chi connectivity index (χ4n) is 2.45. The van der Waals surface area contributed by atoms with Crippen LogP contribution in [0.25, 0.3) is 0 Å². The molecule has 0 aliphatic rings. The van der Waals surface area contributed by atoms with E-state index in [1.807, 2.05) is 48.9 Å². The van der Waals surface area contributed by atoms with Gasteiger partial charge in [-0.15, -0.1) is 10.2 Å². The van der Waals surface area contributed by atoms with Crippen LogP contribution in [0.4, 0.5) is 10.1 Å². The van der Waals surface area contributed by atoms with Crippen molar-refractivity contribution >= 4 is 23.4 Å². The predicted octanol–water partition coefficient (Wildman–Crippen LogP) is 3.58. The summed E-state index contributed by atoms with van der Waals surface area (Å²) in [5.74, 6) is 0.221. The number of amides is 1. The smallest absolute Gasteiger partial charge is 0.234 e. The predicted molar refractivity (Wildman–Crippen MR) is 101 cm³/mol. The number of anilines is 1. The summed E-state index contributed by atoms with van der Waals surface area (Å²) in [4.78, 5) is 12.1. The standard InChI is InChI=1S/C19H19FN4OS/c1-13-8-9-15(20)16(10-13)21-18(25)12-26-19-23-22-17(24(19)2)11-14-6-4-3-5-7-14/h3-10H,11-12H2,1-2H3,(H,21,25). The summed E-state index contributed by atoms with van der Waals surface area (Å²) in [6.07, 6.45) is 0.672. The van der Waals surface area contributed by atoms with E-state index in [2.05, 4.69) is 15.5 Å². The number of carbonyl (C=O) groups is 1. The Labute approximate surface area is 155 Å². The maximum Gasteiger partial charge on any atom is 0.234 e. The maximum absolute atomic E-state index is 13.7. The molecule has 2 aromatic carbocycles. The van der Waals surface area contributed by atoms with Crippen LogP contribution in [0.15, 0.2) is 53.7 Å². The Kier molecular flexibility index (Phi) is 5.68. The molecule has 5 nitrogen and oxygen atoms in total. The third-order valence-electron chi connectivity index (χ3n) is 3.86. The Hall–Kier alpha value is -2.67. The third-order valence-corrected chi connectivity index (χ3v) is 4.88. The van der Waals surface area contributed by atoms with Crippen molar-refractivity contribution in [3.8, 4) is 0 Å². The summed E-state index contributed by atoms with van der Waals surface area (Å²) in [5.41, 5.74) is 2.22. The Morgan fingerprint density at radius 1 is 1.19 bits per heavy atom. The van der Waals surface area contributed by atoms with Gasteiger partial charge in [-0.2, -0.15) is 0 Å². The van der Waals surface area contributed by atoms with Crippen molar-refractivity contribution in [3.63, 3.8) is 0 Å². The molecule has 0 atom stereocenters. The van der Waals surface area contributed by atoms with Crippen molar-refractivity contribution in [2.45, 2.75) is 18.5 Å². The van der Waals surface area contributed by atoms with Gasteiger partial charge in [-0.05, 0) is 30.2 Å². The van der Waals surface area contributed by atoms with Crippen LogP contribution in [-0.4, -0.2) is 26.4 Å². The summed E-state index contributed by atoms with van der Waals surface area (Å²) in [6.45, 7) is 1.84. The second-order valence-electron chi connectivity index (χ2n) is 5.94. The highest BCUT2D eigenvalue weighted by atomic mass is 32.2. The minimum Gasteiger partial charge on any atom is -0.323 e. The molecule has 3 aromatic rings. The van der Waals surface area contributed by atoms with Gasteiger partial charge in [0, 0.05) is 13.5 Å². The van der Waals surface area contributed by atoms with E-state index >= 15 is 0 Å². The number of hydrogen-bond acceptors (Lipinski definition) is 4. The van der Waals surface area contributed by atoms with Gasteiger partial charge in [0.2, 0.25) is 5.91 Å². The van der Waals surface area contributed by atoms with Crippen LogP contribution < -0.4 is 5.32 Å². The molecule has 1 N–H and O–H groups in total. The second kappa shape index (κ2) is 8.14. The summed E-state index contributed by atoms with van der Waals surface area (Å²) in [7, 11) is 1.87. The molecule has 0 radical (unpaired) electrons. The van der Waals surface area contributed by atoms with Crippen molar-refractivity contribution in [1.29, 1.82) is 0 Å². The number of rotatable bonds is 6. The van der Waals surface area contributed by atoms with Gasteiger partial charge in [0.05, 0.1) is 11.4 Å². The Balaban J connectivity index is 1.59. The molecule has 0 saturated heterocycles. The number of carbonyl (C=O) groups excluding carboxylic acids is 1. The lowest BCUT2D eigenvalue weighted by Gasteiger charge is -2.07. The highest BCUT2D eigenvalue weighted by Crippen LogP contribution is 2.19. The van der Waals surface area contributed by atoms with Crippen molar-refractivity contribution < 1.29 is 9.18 Å². The lowest BCUT2D eigenvalue weighted by atomic mass is 10.1. The first kappa shape index (κ1) is 18.1. The number of nitrogens with zero attached hydrogens (tertiary/aromatic N) is 3. The summed E-state index contributed by atoms with van der Waals surface area (Å²) < 4.78 is 15.6. The minimum atomic E-state index is -0.447. The number of hydrogen-bond donors (Lipinski definition) is 1. The average molecular weight is 370 g/mol. The van der Waals surface area contributed by atoms with Gasteiger partial charge in [0.15, 0.2) is 5.16 Å². The van der Waals surface area contributed by atoms with Crippen LogP contribution in [0.3, 0.4) is 0 Å². The molecule has 0 aliphatic heterocycles. The molecule has 0 fully saturated rings. The van der Waals surface area contributed by atoms with E-state index in [-0.39, 0.29) is 17.3 Å². The van der Waals surface area contributed by atoms with Gasteiger partial charge in [0.25, 0.3) is 0 Å². The first-order chi connectivity index (χ1) is 12.5. The van der Waals surface area contributed by atoms with Crippen LogP contribution in [0.1, 0.15) is 17.0 Å². The SMILES string of the molecule is Cc1ccc(F)c(NC(=O)CSc2nnc(Cc3ccccc3)n2C)c1. The van der Waals surface area contributed by atoms with Crippen LogP contribution in [0, 0.1) is 12.7 Å². The van der Waals surface area contributed by atoms with Crippen molar-refractivity contribution in [3.05, 3.63) is 71.3 Å². The number of thioether (sulfide) groups is 1. The first-order valence-electron chi connectivity index (χ1n) is 8.14. The molecule has 1 heterocycles. The van der Waals surface area contributed by atoms with E-state index in [1.165, 1.54) is 17.8 Å². The van der Waals surface area contributed by atoms with Crippen molar-refractivity contribution in [2.24, 2.45) is 7.05 Å². The third kappa shape index (κ3) is 4.49. The molecule has 0 unspecified atom stereocenters. The van der Waals surface area contributed by atoms with Gasteiger partial charge >= 0.3 is 0 Å². The molecular weight excluding hydrogens is 351 g/mol. The largest absolute Gasteiger partial charge is 0.323 e. The van der Waals surface area contributed by atoms with E-state index in [0.717, 1.165) is 17.0 Å². The molecule has 1 amide bonds. The maximum atomic E-state index is 13.7. The van der Waals surface area contributed by atoms with Gasteiger partial charge in [-0.1, -0.05) is 48.2 Å².